The molecule has 13 heavy (non-hydrogen) atoms. The first-order valence-electron chi connectivity index (χ1n) is 3.84. The molecule has 0 amide bonds. The molecule has 1 rings (SSSR count). The van der Waals surface area contributed by atoms with Gasteiger partial charge in [-0.2, -0.15) is 0 Å². The summed E-state index contributed by atoms with van der Waals surface area (Å²) in [7, 11) is 0. The van der Waals surface area contributed by atoms with Crippen LogP contribution in [0.2, 0.25) is 5.02 Å². The van der Waals surface area contributed by atoms with Gasteiger partial charge in [-0.05, 0) is 18.1 Å². The molecule has 0 heterocycles. The average Bonchev–Trinajstić information content (AvgIpc) is 2.09. The molecule has 0 spiro atoms. The lowest BCUT2D eigenvalue weighted by Gasteiger charge is -2.08. The lowest BCUT2D eigenvalue weighted by atomic mass is 10.1. The molecule has 0 unspecified atom stereocenters. The van der Waals surface area contributed by atoms with Crippen LogP contribution in [-0.4, -0.2) is 17.8 Å². The van der Waals surface area contributed by atoms with Gasteiger partial charge >= 0.3 is 0 Å². The Morgan fingerprint density at radius 3 is 2.54 bits per heavy atom. The first-order chi connectivity index (χ1) is 5.74. The number of halogens is 2. The molecule has 1 aromatic carbocycles. The number of hydrogen-bond donors (Lipinski definition) is 2. The minimum Gasteiger partial charge on any atom is -0.395 e. The Labute approximate surface area is 89.1 Å². The molecule has 0 saturated carbocycles. The van der Waals surface area contributed by atoms with Crippen LogP contribution in [0.5, 0.6) is 0 Å². The van der Waals surface area contributed by atoms with E-state index in [0.29, 0.717) is 11.4 Å². The Morgan fingerprint density at radius 2 is 2.00 bits per heavy atom. The largest absolute Gasteiger partial charge is 0.395 e. The second-order valence-electron chi connectivity index (χ2n) is 2.74. The van der Waals surface area contributed by atoms with Crippen LogP contribution < -0.4 is 5.73 Å². The van der Waals surface area contributed by atoms with Gasteiger partial charge in [0.05, 0.1) is 6.61 Å². The maximum Gasteiger partial charge on any atom is 0.0585 e. The number of aliphatic hydroxyl groups excluding tert-OH is 1. The average molecular weight is 222 g/mol. The van der Waals surface area contributed by atoms with E-state index in [1.165, 1.54) is 0 Å². The van der Waals surface area contributed by atoms with E-state index in [2.05, 4.69) is 0 Å². The third-order valence-corrected chi connectivity index (χ3v) is 2.04. The molecule has 74 valence electrons. The van der Waals surface area contributed by atoms with Gasteiger partial charge in [-0.1, -0.05) is 29.8 Å². The van der Waals surface area contributed by atoms with Crippen molar-refractivity contribution in [1.29, 1.82) is 0 Å². The summed E-state index contributed by atoms with van der Waals surface area (Å²) in [6, 6.07) is 7.30. The van der Waals surface area contributed by atoms with Crippen LogP contribution >= 0.6 is 24.0 Å². The van der Waals surface area contributed by atoms with E-state index < -0.39 is 0 Å². The summed E-state index contributed by atoms with van der Waals surface area (Å²) in [6.45, 7) is -0.00871. The van der Waals surface area contributed by atoms with E-state index in [4.69, 9.17) is 22.4 Å². The van der Waals surface area contributed by atoms with Crippen molar-refractivity contribution in [3.05, 3.63) is 34.9 Å². The molecule has 4 heteroatoms. The van der Waals surface area contributed by atoms with Crippen LogP contribution in [0.3, 0.4) is 0 Å². The molecule has 0 aliphatic heterocycles. The molecule has 3 N–H and O–H groups in total. The van der Waals surface area contributed by atoms with E-state index >= 15 is 0 Å². The summed E-state index contributed by atoms with van der Waals surface area (Å²) in [6.07, 6.45) is 0.621. The van der Waals surface area contributed by atoms with E-state index in [9.17, 15) is 0 Å². The van der Waals surface area contributed by atoms with E-state index in [1.54, 1.807) is 0 Å². The van der Waals surface area contributed by atoms with E-state index in [-0.39, 0.29) is 25.1 Å². The van der Waals surface area contributed by atoms with Gasteiger partial charge in [0.2, 0.25) is 0 Å². The first-order valence-corrected chi connectivity index (χ1v) is 4.21. The molecule has 0 radical (unpaired) electrons. The van der Waals surface area contributed by atoms with Crippen LogP contribution in [-0.2, 0) is 6.42 Å². The Hall–Kier alpha value is -0.280. The van der Waals surface area contributed by atoms with Crippen molar-refractivity contribution in [1.82, 2.24) is 0 Å². The van der Waals surface area contributed by atoms with Gasteiger partial charge in [-0.3, -0.25) is 0 Å². The van der Waals surface area contributed by atoms with Crippen LogP contribution in [0.4, 0.5) is 0 Å². The van der Waals surface area contributed by atoms with Gasteiger partial charge in [0.1, 0.15) is 0 Å². The zero-order valence-corrected chi connectivity index (χ0v) is 8.68. The number of aliphatic hydroxyl groups is 1. The third kappa shape index (κ3) is 3.96. The minimum atomic E-state index is -0.218. The Balaban J connectivity index is 0.00000144. The summed E-state index contributed by atoms with van der Waals surface area (Å²) >= 11 is 5.89. The molecule has 0 aliphatic rings. The third-order valence-electron chi connectivity index (χ3n) is 1.67. The fourth-order valence-electron chi connectivity index (χ4n) is 1.01. The molecular weight excluding hydrogens is 209 g/mol. The highest BCUT2D eigenvalue weighted by Crippen LogP contribution is 2.15. The molecular formula is C9H13Cl2NO. The van der Waals surface area contributed by atoms with Gasteiger partial charge < -0.3 is 10.8 Å². The molecule has 0 aliphatic carbocycles. The molecule has 0 fully saturated rings. The van der Waals surface area contributed by atoms with Crippen molar-refractivity contribution in [3.63, 3.8) is 0 Å². The zero-order valence-electron chi connectivity index (χ0n) is 7.11. The number of rotatable bonds is 3. The van der Waals surface area contributed by atoms with Crippen molar-refractivity contribution >= 4 is 24.0 Å². The summed E-state index contributed by atoms with van der Waals surface area (Å²) in [5.41, 5.74) is 6.55. The lowest BCUT2D eigenvalue weighted by molar-refractivity contribution is 0.265. The number of benzene rings is 1. The van der Waals surface area contributed by atoms with Crippen molar-refractivity contribution in [2.45, 2.75) is 12.5 Å². The molecule has 1 aromatic rings. The Morgan fingerprint density at radius 1 is 1.38 bits per heavy atom. The van der Waals surface area contributed by atoms with Crippen molar-refractivity contribution in [3.8, 4) is 0 Å². The van der Waals surface area contributed by atoms with E-state index in [1.807, 2.05) is 24.3 Å². The Kier molecular flexibility index (Phi) is 6.08. The van der Waals surface area contributed by atoms with Crippen molar-refractivity contribution < 1.29 is 5.11 Å². The van der Waals surface area contributed by atoms with Gasteiger partial charge in [-0.25, -0.2) is 0 Å². The van der Waals surface area contributed by atoms with Crippen LogP contribution in [0.25, 0.3) is 0 Å². The predicted molar refractivity (Wildman–Crippen MR) is 57.5 cm³/mol. The van der Waals surface area contributed by atoms with E-state index in [0.717, 1.165) is 5.56 Å². The monoisotopic (exact) mass is 221 g/mol. The highest BCUT2D eigenvalue weighted by Gasteiger charge is 2.04. The van der Waals surface area contributed by atoms with Gasteiger partial charge in [0.15, 0.2) is 0 Å². The van der Waals surface area contributed by atoms with Gasteiger partial charge in [-0.15, -0.1) is 12.4 Å². The summed E-state index contributed by atoms with van der Waals surface area (Å²) in [5, 5.41) is 9.43. The normalized spacial score (nSPS) is 11.9. The second kappa shape index (κ2) is 6.22. The number of hydrogen-bond acceptors (Lipinski definition) is 2. The highest BCUT2D eigenvalue weighted by molar-refractivity contribution is 6.31. The van der Waals surface area contributed by atoms with Crippen LogP contribution in [0.15, 0.2) is 24.3 Å². The standard InChI is InChI=1S/C9H12ClNO.ClH/c10-9-4-2-1-3-7(9)5-8(11)6-12;/h1-4,8,12H,5-6,11H2;1H/t8-;/m0./s1. The van der Waals surface area contributed by atoms with Crippen molar-refractivity contribution in [2.75, 3.05) is 6.61 Å². The first kappa shape index (κ1) is 12.7. The topological polar surface area (TPSA) is 46.2 Å². The Bertz CT molecular complexity index is 255. The van der Waals surface area contributed by atoms with Crippen LogP contribution in [0, 0.1) is 0 Å². The maximum absolute atomic E-state index is 8.72. The zero-order chi connectivity index (χ0) is 8.97. The molecule has 2 nitrogen and oxygen atoms in total. The lowest BCUT2D eigenvalue weighted by Crippen LogP contribution is -2.26. The van der Waals surface area contributed by atoms with Gasteiger partial charge in [0, 0.05) is 11.1 Å². The quantitative estimate of drug-likeness (QED) is 0.816. The summed E-state index contributed by atoms with van der Waals surface area (Å²) in [5.74, 6) is 0. The summed E-state index contributed by atoms with van der Waals surface area (Å²) in [4.78, 5) is 0. The smallest absolute Gasteiger partial charge is 0.0585 e. The fourth-order valence-corrected chi connectivity index (χ4v) is 1.22. The van der Waals surface area contributed by atoms with Gasteiger partial charge in [0.25, 0.3) is 0 Å². The fraction of sp³-hybridized carbons (Fsp3) is 0.333. The number of nitrogens with two attached hydrogens (primary N) is 1. The van der Waals surface area contributed by atoms with Crippen LogP contribution in [0.1, 0.15) is 5.56 Å². The SMILES string of the molecule is Cl.N[C@H](CO)Cc1ccccc1Cl. The highest BCUT2D eigenvalue weighted by atomic mass is 35.5. The second-order valence-corrected chi connectivity index (χ2v) is 3.15. The van der Waals surface area contributed by atoms with Crippen molar-refractivity contribution in [2.24, 2.45) is 5.73 Å². The minimum absolute atomic E-state index is 0. The molecule has 0 aromatic heterocycles. The predicted octanol–water partition coefficient (Wildman–Crippen LogP) is 1.62. The molecule has 0 saturated heterocycles. The molecule has 1 atom stereocenters. The summed E-state index contributed by atoms with van der Waals surface area (Å²) < 4.78 is 0. The maximum atomic E-state index is 8.72. The molecule has 0 bridgehead atoms.